The monoisotopic (exact) mass is 331 g/mol. The van der Waals surface area contributed by atoms with Gasteiger partial charge in [-0.25, -0.2) is 0 Å². The lowest BCUT2D eigenvalue weighted by molar-refractivity contribution is -0.134. The van der Waals surface area contributed by atoms with Crippen molar-refractivity contribution in [1.29, 1.82) is 0 Å². The highest BCUT2D eigenvalue weighted by Gasteiger charge is 2.18. The molecule has 1 N–H and O–H groups in total. The molecule has 0 radical (unpaired) electrons. The Morgan fingerprint density at radius 2 is 2.05 bits per heavy atom. The zero-order valence-electron chi connectivity index (χ0n) is 12.9. The summed E-state index contributed by atoms with van der Waals surface area (Å²) in [5.41, 5.74) is 0. The van der Waals surface area contributed by atoms with E-state index in [1.807, 2.05) is 24.0 Å². The van der Waals surface area contributed by atoms with Gasteiger partial charge in [0.2, 0.25) is 11.8 Å². The molecule has 0 fully saturated rings. The lowest BCUT2D eigenvalue weighted by Gasteiger charge is -2.22. The van der Waals surface area contributed by atoms with E-state index in [1.165, 1.54) is 16.2 Å². The van der Waals surface area contributed by atoms with Crippen molar-refractivity contribution < 1.29 is 9.59 Å². The Balaban J connectivity index is 2.49. The molecule has 0 aliphatic carbocycles. The van der Waals surface area contributed by atoms with Crippen LogP contribution in [0.3, 0.4) is 0 Å². The molecule has 7 heteroatoms. The first-order chi connectivity index (χ1) is 9.83. The number of nitrogens with zero attached hydrogens (tertiary/aromatic N) is 2. The molecule has 1 rings (SSSR count). The molecule has 1 heterocycles. The predicted molar refractivity (Wildman–Crippen MR) is 86.6 cm³/mol. The van der Waals surface area contributed by atoms with Crippen molar-refractivity contribution in [3.63, 3.8) is 0 Å². The van der Waals surface area contributed by atoms with Gasteiger partial charge in [0, 0.05) is 25.5 Å². The number of hydrogen-bond donors (Lipinski definition) is 1. The molecule has 0 saturated heterocycles. The summed E-state index contributed by atoms with van der Waals surface area (Å²) in [7, 11) is 3.34. The predicted octanol–water partition coefficient (Wildman–Crippen LogP) is 1.82. The molecule has 1 unspecified atom stereocenters. The molecule has 1 aromatic heterocycles. The van der Waals surface area contributed by atoms with Gasteiger partial charge in [-0.15, -0.1) is 11.3 Å². The number of thiophene rings is 1. The van der Waals surface area contributed by atoms with E-state index in [0.717, 1.165) is 15.8 Å². The molecule has 1 atom stereocenters. The van der Waals surface area contributed by atoms with E-state index in [-0.39, 0.29) is 18.4 Å². The topological polar surface area (TPSA) is 52.7 Å². The number of halogens is 1. The molecule has 0 aliphatic rings. The van der Waals surface area contributed by atoms with Gasteiger partial charge in [0.25, 0.3) is 0 Å². The van der Waals surface area contributed by atoms with E-state index in [1.54, 1.807) is 21.0 Å². The van der Waals surface area contributed by atoms with Gasteiger partial charge in [-0.2, -0.15) is 0 Å². The van der Waals surface area contributed by atoms with Crippen LogP contribution in [-0.2, 0) is 16.1 Å². The average Bonchev–Trinajstić information content (AvgIpc) is 2.82. The van der Waals surface area contributed by atoms with Gasteiger partial charge in [-0.1, -0.05) is 18.5 Å². The first-order valence-corrected chi connectivity index (χ1v) is 8.00. The highest BCUT2D eigenvalue weighted by Crippen LogP contribution is 2.22. The van der Waals surface area contributed by atoms with E-state index < -0.39 is 6.04 Å². The maximum atomic E-state index is 12.0. The van der Waals surface area contributed by atoms with Gasteiger partial charge in [0.05, 0.1) is 10.9 Å². The van der Waals surface area contributed by atoms with Gasteiger partial charge < -0.3 is 10.2 Å². The van der Waals surface area contributed by atoms with Crippen LogP contribution < -0.4 is 5.32 Å². The number of likely N-dealkylation sites (N-methyl/N-ethyl adjacent to an activating group) is 2. The SMILES string of the molecule is CCN(CC(=O)NC(C)C(=O)N(C)C)Cc1ccc(Cl)s1. The van der Waals surface area contributed by atoms with Crippen molar-refractivity contribution in [3.05, 3.63) is 21.3 Å². The van der Waals surface area contributed by atoms with Crippen LogP contribution in [0.1, 0.15) is 18.7 Å². The smallest absolute Gasteiger partial charge is 0.244 e. The van der Waals surface area contributed by atoms with E-state index in [2.05, 4.69) is 5.32 Å². The summed E-state index contributed by atoms with van der Waals surface area (Å²) in [5.74, 6) is -0.265. The van der Waals surface area contributed by atoms with E-state index in [0.29, 0.717) is 6.54 Å². The molecule has 1 aromatic rings. The van der Waals surface area contributed by atoms with Crippen LogP contribution in [0.25, 0.3) is 0 Å². The van der Waals surface area contributed by atoms with Crippen LogP contribution in [0, 0.1) is 0 Å². The maximum absolute atomic E-state index is 12.0. The number of nitrogens with one attached hydrogen (secondary N) is 1. The summed E-state index contributed by atoms with van der Waals surface area (Å²) in [6.45, 7) is 5.37. The lowest BCUT2D eigenvalue weighted by atomic mass is 10.3. The van der Waals surface area contributed by atoms with Crippen LogP contribution >= 0.6 is 22.9 Å². The minimum Gasteiger partial charge on any atom is -0.347 e. The molecule has 118 valence electrons. The minimum atomic E-state index is -0.512. The van der Waals surface area contributed by atoms with Crippen LogP contribution in [0.4, 0.5) is 0 Å². The van der Waals surface area contributed by atoms with E-state index in [4.69, 9.17) is 11.6 Å². The molecule has 0 spiro atoms. The van der Waals surface area contributed by atoms with Gasteiger partial charge in [0.1, 0.15) is 6.04 Å². The summed E-state index contributed by atoms with van der Waals surface area (Å²) in [5, 5.41) is 2.72. The second-order valence-electron chi connectivity index (χ2n) is 5.03. The standard InChI is InChI=1S/C14H22ClN3O2S/c1-5-18(8-11-6-7-12(15)21-11)9-13(19)16-10(2)14(20)17(3)4/h6-7,10H,5,8-9H2,1-4H3,(H,16,19). The zero-order valence-corrected chi connectivity index (χ0v) is 14.4. The molecule has 21 heavy (non-hydrogen) atoms. The summed E-state index contributed by atoms with van der Waals surface area (Å²) in [6.07, 6.45) is 0. The van der Waals surface area contributed by atoms with Gasteiger partial charge >= 0.3 is 0 Å². The third-order valence-corrected chi connectivity index (χ3v) is 4.23. The van der Waals surface area contributed by atoms with E-state index >= 15 is 0 Å². The van der Waals surface area contributed by atoms with Crippen molar-refractivity contribution in [3.8, 4) is 0 Å². The molecule has 5 nitrogen and oxygen atoms in total. The van der Waals surface area contributed by atoms with Crippen LogP contribution in [-0.4, -0.2) is 54.8 Å². The normalized spacial score (nSPS) is 12.3. The van der Waals surface area contributed by atoms with Crippen molar-refractivity contribution in [2.75, 3.05) is 27.2 Å². The highest BCUT2D eigenvalue weighted by molar-refractivity contribution is 7.16. The second kappa shape index (κ2) is 8.36. The van der Waals surface area contributed by atoms with Crippen LogP contribution in [0.15, 0.2) is 12.1 Å². The Labute approximate surface area is 134 Å². The number of rotatable bonds is 7. The summed E-state index contributed by atoms with van der Waals surface area (Å²) < 4.78 is 0.746. The fourth-order valence-electron chi connectivity index (χ4n) is 1.88. The molecular formula is C14H22ClN3O2S. The van der Waals surface area contributed by atoms with Crippen molar-refractivity contribution in [2.45, 2.75) is 26.4 Å². The maximum Gasteiger partial charge on any atom is 0.244 e. The third kappa shape index (κ3) is 6.03. The summed E-state index contributed by atoms with van der Waals surface area (Å²) in [6, 6.07) is 3.31. The lowest BCUT2D eigenvalue weighted by Crippen LogP contribution is -2.47. The quantitative estimate of drug-likeness (QED) is 0.829. The number of hydrogen-bond acceptors (Lipinski definition) is 4. The average molecular weight is 332 g/mol. The molecule has 0 aliphatic heterocycles. The van der Waals surface area contributed by atoms with Gasteiger partial charge in [-0.3, -0.25) is 14.5 Å². The van der Waals surface area contributed by atoms with E-state index in [9.17, 15) is 9.59 Å². The zero-order chi connectivity index (χ0) is 16.0. The van der Waals surface area contributed by atoms with Crippen LogP contribution in [0.5, 0.6) is 0 Å². The second-order valence-corrected chi connectivity index (χ2v) is 6.83. The molecule has 0 saturated carbocycles. The van der Waals surface area contributed by atoms with Gasteiger partial charge in [-0.05, 0) is 25.6 Å². The molecule has 2 amide bonds. The number of amides is 2. The largest absolute Gasteiger partial charge is 0.347 e. The Morgan fingerprint density at radius 1 is 1.38 bits per heavy atom. The highest BCUT2D eigenvalue weighted by atomic mass is 35.5. The Hall–Kier alpha value is -1.11. The first kappa shape index (κ1) is 17.9. The number of carbonyl (C=O) groups is 2. The molecular weight excluding hydrogens is 310 g/mol. The fraction of sp³-hybridized carbons (Fsp3) is 0.571. The summed E-state index contributed by atoms with van der Waals surface area (Å²) in [4.78, 5) is 28.3. The minimum absolute atomic E-state index is 0.114. The van der Waals surface area contributed by atoms with Crippen molar-refractivity contribution in [2.24, 2.45) is 0 Å². The molecule has 0 aromatic carbocycles. The molecule has 0 bridgehead atoms. The summed E-state index contributed by atoms with van der Waals surface area (Å²) >= 11 is 7.42. The van der Waals surface area contributed by atoms with Crippen molar-refractivity contribution >= 4 is 34.8 Å². The Morgan fingerprint density at radius 3 is 2.52 bits per heavy atom. The van der Waals surface area contributed by atoms with Gasteiger partial charge in [0.15, 0.2) is 0 Å². The van der Waals surface area contributed by atoms with Crippen LogP contribution in [0.2, 0.25) is 4.34 Å². The Bertz CT molecular complexity index is 490. The van der Waals surface area contributed by atoms with Crippen molar-refractivity contribution in [1.82, 2.24) is 15.1 Å². The Kier molecular flexibility index (Phi) is 7.14. The number of carbonyl (C=O) groups excluding carboxylic acids is 2. The third-order valence-electron chi connectivity index (χ3n) is 3.01. The fourth-order valence-corrected chi connectivity index (χ4v) is 3.01. The first-order valence-electron chi connectivity index (χ1n) is 6.80.